The van der Waals surface area contributed by atoms with Crippen LogP contribution in [0, 0.1) is 0 Å². The number of hydrogen-bond acceptors (Lipinski definition) is 3. The number of piperidine rings is 1. The quantitative estimate of drug-likeness (QED) is 0.853. The van der Waals surface area contributed by atoms with Crippen molar-refractivity contribution in [3.05, 3.63) is 28.6 Å². The van der Waals surface area contributed by atoms with Gasteiger partial charge in [0, 0.05) is 6.20 Å². The highest BCUT2D eigenvalue weighted by Gasteiger charge is 2.14. The van der Waals surface area contributed by atoms with Crippen molar-refractivity contribution in [2.45, 2.75) is 25.8 Å². The Morgan fingerprint density at radius 1 is 1.18 bits per heavy atom. The fourth-order valence-corrected chi connectivity index (χ4v) is 2.78. The molecule has 2 aromatic rings. The monoisotopic (exact) mass is 294 g/mol. The van der Waals surface area contributed by atoms with Crippen molar-refractivity contribution in [1.82, 2.24) is 19.5 Å². The van der Waals surface area contributed by atoms with Gasteiger partial charge < -0.3 is 0 Å². The average molecular weight is 295 g/mol. The van der Waals surface area contributed by atoms with E-state index in [-0.39, 0.29) is 0 Å². The summed E-state index contributed by atoms with van der Waals surface area (Å²) in [6.45, 7) is 3.27. The van der Waals surface area contributed by atoms with Gasteiger partial charge in [0.15, 0.2) is 11.5 Å². The lowest BCUT2D eigenvalue weighted by Gasteiger charge is -2.25. The third-order valence-electron chi connectivity index (χ3n) is 3.27. The van der Waals surface area contributed by atoms with Crippen LogP contribution in [-0.2, 0) is 6.54 Å². The van der Waals surface area contributed by atoms with E-state index in [0.29, 0.717) is 0 Å². The molecule has 0 spiro atoms. The topological polar surface area (TPSA) is 33.4 Å². The van der Waals surface area contributed by atoms with Gasteiger partial charge in [0.2, 0.25) is 0 Å². The maximum Gasteiger partial charge on any atom is 0.175 e. The summed E-state index contributed by atoms with van der Waals surface area (Å²) in [5.74, 6) is 1.03. The molecule has 90 valence electrons. The third kappa shape index (κ3) is 2.21. The predicted octanol–water partition coefficient (Wildman–Crippen LogP) is 2.48. The lowest BCUT2D eigenvalue weighted by atomic mass is 10.1. The first-order valence-corrected chi connectivity index (χ1v) is 6.84. The molecule has 0 atom stereocenters. The Hall–Kier alpha value is -0.940. The number of aromatic nitrogens is 3. The molecule has 17 heavy (non-hydrogen) atoms. The molecule has 0 radical (unpaired) electrons. The Morgan fingerprint density at radius 2 is 2.00 bits per heavy atom. The smallest absolute Gasteiger partial charge is 0.175 e. The molecule has 0 unspecified atom stereocenters. The predicted molar refractivity (Wildman–Crippen MR) is 69.8 cm³/mol. The van der Waals surface area contributed by atoms with Crippen LogP contribution in [0.5, 0.6) is 0 Å². The molecule has 1 fully saturated rings. The van der Waals surface area contributed by atoms with Gasteiger partial charge in [-0.1, -0.05) is 6.42 Å². The highest BCUT2D eigenvalue weighted by atomic mass is 79.9. The molecule has 1 saturated heterocycles. The minimum Gasteiger partial charge on any atom is -0.296 e. The second kappa shape index (κ2) is 4.74. The van der Waals surface area contributed by atoms with Crippen LogP contribution in [0.2, 0.25) is 0 Å². The van der Waals surface area contributed by atoms with Crippen LogP contribution < -0.4 is 0 Å². The van der Waals surface area contributed by atoms with Crippen LogP contribution in [0.25, 0.3) is 5.65 Å². The summed E-state index contributed by atoms with van der Waals surface area (Å²) in [6, 6.07) is 4.01. The second-order valence-corrected chi connectivity index (χ2v) is 5.36. The van der Waals surface area contributed by atoms with Gasteiger partial charge in [-0.2, -0.15) is 0 Å². The summed E-state index contributed by atoms with van der Waals surface area (Å²) < 4.78 is 3.07. The molecule has 2 aromatic heterocycles. The first-order valence-electron chi connectivity index (χ1n) is 6.05. The molecule has 1 aliphatic rings. The third-order valence-corrected chi connectivity index (χ3v) is 3.89. The molecule has 0 saturated carbocycles. The zero-order valence-corrected chi connectivity index (χ0v) is 11.2. The second-order valence-electron chi connectivity index (χ2n) is 4.50. The molecule has 0 N–H and O–H groups in total. The highest BCUT2D eigenvalue weighted by molar-refractivity contribution is 9.10. The van der Waals surface area contributed by atoms with Crippen molar-refractivity contribution in [1.29, 1.82) is 0 Å². The maximum atomic E-state index is 4.29. The summed E-state index contributed by atoms with van der Waals surface area (Å²) in [5, 5.41) is 8.51. The van der Waals surface area contributed by atoms with E-state index in [1.807, 2.05) is 18.3 Å². The molecule has 4 nitrogen and oxygen atoms in total. The molecule has 0 amide bonds. The Morgan fingerprint density at radius 3 is 2.82 bits per heavy atom. The van der Waals surface area contributed by atoms with Crippen molar-refractivity contribution >= 4 is 21.6 Å². The van der Waals surface area contributed by atoms with Crippen LogP contribution in [0.3, 0.4) is 0 Å². The first-order chi connectivity index (χ1) is 8.34. The van der Waals surface area contributed by atoms with Gasteiger partial charge >= 0.3 is 0 Å². The van der Waals surface area contributed by atoms with Gasteiger partial charge in [-0.05, 0) is 54.0 Å². The number of nitrogens with zero attached hydrogens (tertiary/aromatic N) is 4. The van der Waals surface area contributed by atoms with Crippen LogP contribution in [0.1, 0.15) is 25.1 Å². The molecule has 3 rings (SSSR count). The van der Waals surface area contributed by atoms with Gasteiger partial charge in [0.1, 0.15) is 0 Å². The zero-order chi connectivity index (χ0) is 11.7. The minimum absolute atomic E-state index is 0.900. The van der Waals surface area contributed by atoms with Crippen LogP contribution in [0.4, 0.5) is 0 Å². The van der Waals surface area contributed by atoms with Crippen LogP contribution >= 0.6 is 15.9 Å². The van der Waals surface area contributed by atoms with Gasteiger partial charge in [-0.15, -0.1) is 10.2 Å². The normalized spacial score (nSPS) is 17.7. The van der Waals surface area contributed by atoms with Crippen molar-refractivity contribution < 1.29 is 0 Å². The zero-order valence-electron chi connectivity index (χ0n) is 9.64. The van der Waals surface area contributed by atoms with E-state index in [9.17, 15) is 0 Å². The first kappa shape index (κ1) is 11.2. The summed E-state index contributed by atoms with van der Waals surface area (Å²) >= 11 is 3.50. The van der Waals surface area contributed by atoms with Crippen molar-refractivity contribution in [3.63, 3.8) is 0 Å². The van der Waals surface area contributed by atoms with E-state index >= 15 is 0 Å². The summed E-state index contributed by atoms with van der Waals surface area (Å²) in [7, 11) is 0. The lowest BCUT2D eigenvalue weighted by Crippen LogP contribution is -2.29. The van der Waals surface area contributed by atoms with Gasteiger partial charge in [0.25, 0.3) is 0 Å². The molecule has 0 aromatic carbocycles. The van der Waals surface area contributed by atoms with E-state index < -0.39 is 0 Å². The van der Waals surface area contributed by atoms with E-state index in [4.69, 9.17) is 0 Å². The summed E-state index contributed by atoms with van der Waals surface area (Å²) in [6.07, 6.45) is 6.00. The van der Waals surface area contributed by atoms with Gasteiger partial charge in [-0.25, -0.2) is 0 Å². The van der Waals surface area contributed by atoms with Crippen molar-refractivity contribution in [2.75, 3.05) is 13.1 Å². The molecule has 0 aliphatic carbocycles. The Bertz CT molecular complexity index is 516. The number of halogens is 1. The molecular formula is C12H15BrN4. The van der Waals surface area contributed by atoms with E-state index in [2.05, 4.69) is 35.4 Å². The number of pyridine rings is 1. The largest absolute Gasteiger partial charge is 0.296 e. The maximum absolute atomic E-state index is 4.29. The average Bonchev–Trinajstić information content (AvgIpc) is 2.76. The van der Waals surface area contributed by atoms with Crippen molar-refractivity contribution in [3.8, 4) is 0 Å². The Labute approximate surface area is 109 Å². The molecule has 5 heteroatoms. The number of hydrogen-bond donors (Lipinski definition) is 0. The van der Waals surface area contributed by atoms with Crippen molar-refractivity contribution in [2.24, 2.45) is 0 Å². The Kier molecular flexibility index (Phi) is 3.11. The molecule has 1 aliphatic heterocycles. The van der Waals surface area contributed by atoms with Gasteiger partial charge in [0.05, 0.1) is 11.0 Å². The van der Waals surface area contributed by atoms with E-state index in [1.54, 1.807) is 0 Å². The standard InChI is InChI=1S/C12H15BrN4/c13-10-5-4-8-17-11(14-15-12(10)17)9-16-6-2-1-3-7-16/h4-5,8H,1-3,6-7,9H2. The van der Waals surface area contributed by atoms with Crippen LogP contribution in [-0.4, -0.2) is 32.6 Å². The number of likely N-dealkylation sites (tertiary alicyclic amines) is 1. The summed E-state index contributed by atoms with van der Waals surface area (Å²) in [4.78, 5) is 2.46. The molecule has 0 bridgehead atoms. The molecule has 3 heterocycles. The fourth-order valence-electron chi connectivity index (χ4n) is 2.36. The van der Waals surface area contributed by atoms with Crippen LogP contribution in [0.15, 0.2) is 22.8 Å². The summed E-state index contributed by atoms with van der Waals surface area (Å²) in [5.41, 5.74) is 0.902. The van der Waals surface area contributed by atoms with E-state index in [0.717, 1.165) is 22.5 Å². The highest BCUT2D eigenvalue weighted by Crippen LogP contribution is 2.18. The van der Waals surface area contributed by atoms with E-state index in [1.165, 1.54) is 32.4 Å². The fraction of sp³-hybridized carbons (Fsp3) is 0.500. The number of fused-ring (bicyclic) bond motifs is 1. The molecular weight excluding hydrogens is 280 g/mol. The Balaban J connectivity index is 1.87. The number of rotatable bonds is 2. The minimum atomic E-state index is 0.900. The van der Waals surface area contributed by atoms with Gasteiger partial charge in [-0.3, -0.25) is 9.30 Å². The lowest BCUT2D eigenvalue weighted by molar-refractivity contribution is 0.215. The SMILES string of the molecule is Brc1cccn2c(CN3CCCCC3)nnc12.